The Hall–Kier alpha value is -0.570. The minimum atomic E-state index is 0.211. The summed E-state index contributed by atoms with van der Waals surface area (Å²) in [6.45, 7) is 14.5. The fraction of sp³-hybridized carbons (Fsp3) is 0.950. The first kappa shape index (κ1) is 17.3. The summed E-state index contributed by atoms with van der Waals surface area (Å²) >= 11 is 0. The van der Waals surface area contributed by atoms with Crippen molar-refractivity contribution < 1.29 is 9.53 Å². The van der Waals surface area contributed by atoms with Gasteiger partial charge in [0, 0.05) is 19.1 Å². The first-order valence-corrected chi connectivity index (χ1v) is 9.51. The summed E-state index contributed by atoms with van der Waals surface area (Å²) in [5, 5.41) is 3.43. The topological polar surface area (TPSA) is 38.3 Å². The summed E-state index contributed by atoms with van der Waals surface area (Å²) in [6, 6.07) is 0.317. The summed E-state index contributed by atoms with van der Waals surface area (Å²) in [6.07, 6.45) is 5.76. The van der Waals surface area contributed by atoms with Gasteiger partial charge in [-0.25, -0.2) is 0 Å². The number of rotatable bonds is 3. The van der Waals surface area contributed by atoms with Gasteiger partial charge in [0.25, 0.3) is 0 Å². The highest BCUT2D eigenvalue weighted by atomic mass is 16.5. The van der Waals surface area contributed by atoms with Gasteiger partial charge in [0.15, 0.2) is 0 Å². The van der Waals surface area contributed by atoms with E-state index in [0.717, 1.165) is 25.4 Å². The van der Waals surface area contributed by atoms with E-state index in [1.54, 1.807) is 0 Å². The standard InChI is InChI=1S/C20H35NO2/c1-7-16(22)21-17-19(5,6)13-10-14-15(12-18(2,3)4)23-9-8-20(14,17)11-13/h13-15,17H,7-12H2,1-6H3,(H,21,22)/t13-,14-,15-,17+,20-/m1/s1. The van der Waals surface area contributed by atoms with Gasteiger partial charge in [-0.1, -0.05) is 41.5 Å². The van der Waals surface area contributed by atoms with Crippen molar-refractivity contribution in [1.82, 2.24) is 5.32 Å². The highest BCUT2D eigenvalue weighted by Crippen LogP contribution is 2.69. The van der Waals surface area contributed by atoms with Crippen LogP contribution in [-0.4, -0.2) is 24.7 Å². The number of amides is 1. The minimum absolute atomic E-state index is 0.211. The molecular formula is C20H35NO2. The van der Waals surface area contributed by atoms with Gasteiger partial charge in [0.1, 0.15) is 0 Å². The SMILES string of the molecule is CCC(=O)N[C@H]1C(C)(C)[C@@H]2C[C@@H]3[C@@H](CC(C)(C)C)OCC[C@@]31C2. The third kappa shape index (κ3) is 2.73. The molecule has 5 atom stereocenters. The molecular weight excluding hydrogens is 286 g/mol. The highest BCUT2D eigenvalue weighted by molar-refractivity contribution is 5.76. The van der Waals surface area contributed by atoms with Crippen molar-refractivity contribution in [3.63, 3.8) is 0 Å². The van der Waals surface area contributed by atoms with E-state index in [4.69, 9.17) is 4.74 Å². The molecule has 1 spiro atoms. The average Bonchev–Trinajstić information content (AvgIpc) is 2.91. The maximum Gasteiger partial charge on any atom is 0.219 e. The normalized spacial score (nSPS) is 41.7. The summed E-state index contributed by atoms with van der Waals surface area (Å²) in [5.41, 5.74) is 0.779. The van der Waals surface area contributed by atoms with Gasteiger partial charge in [-0.3, -0.25) is 4.79 Å². The predicted octanol–water partition coefficient (Wildman–Crippen LogP) is 4.16. The molecule has 23 heavy (non-hydrogen) atoms. The van der Waals surface area contributed by atoms with Crippen molar-refractivity contribution in [3.8, 4) is 0 Å². The Morgan fingerprint density at radius 1 is 1.30 bits per heavy atom. The van der Waals surface area contributed by atoms with Gasteiger partial charge >= 0.3 is 0 Å². The van der Waals surface area contributed by atoms with Gasteiger partial charge in [0.2, 0.25) is 5.91 Å². The number of carbonyl (C=O) groups is 1. The molecule has 0 unspecified atom stereocenters. The molecule has 3 heteroatoms. The van der Waals surface area contributed by atoms with E-state index in [0.29, 0.717) is 29.9 Å². The number of ether oxygens (including phenoxy) is 1. The molecule has 3 aliphatic rings. The van der Waals surface area contributed by atoms with E-state index >= 15 is 0 Å². The molecule has 1 N–H and O–H groups in total. The van der Waals surface area contributed by atoms with E-state index in [1.165, 1.54) is 12.8 Å². The number of fused-ring (bicyclic) bond motifs is 1. The van der Waals surface area contributed by atoms with Crippen LogP contribution in [0.5, 0.6) is 0 Å². The van der Waals surface area contributed by atoms with Crippen LogP contribution < -0.4 is 5.32 Å². The molecule has 1 aliphatic heterocycles. The Bertz CT molecular complexity index is 479. The molecule has 0 aromatic carbocycles. The third-order valence-electron chi connectivity index (χ3n) is 7.06. The number of nitrogens with one attached hydrogen (secondary N) is 1. The lowest BCUT2D eigenvalue weighted by Gasteiger charge is -2.54. The van der Waals surface area contributed by atoms with Crippen LogP contribution in [0.4, 0.5) is 0 Å². The molecule has 3 nitrogen and oxygen atoms in total. The van der Waals surface area contributed by atoms with Crippen LogP contribution in [0.1, 0.15) is 73.6 Å². The Morgan fingerprint density at radius 3 is 2.61 bits per heavy atom. The van der Waals surface area contributed by atoms with Crippen LogP contribution in [-0.2, 0) is 9.53 Å². The van der Waals surface area contributed by atoms with Gasteiger partial charge in [0.05, 0.1) is 6.10 Å². The summed E-state index contributed by atoms with van der Waals surface area (Å²) < 4.78 is 6.25. The van der Waals surface area contributed by atoms with Gasteiger partial charge < -0.3 is 10.1 Å². The molecule has 0 aromatic heterocycles. The maximum absolute atomic E-state index is 12.2. The zero-order chi connectivity index (χ0) is 17.0. The molecule has 132 valence electrons. The van der Waals surface area contributed by atoms with Crippen molar-refractivity contribution in [1.29, 1.82) is 0 Å². The summed E-state index contributed by atoms with van der Waals surface area (Å²) in [7, 11) is 0. The fourth-order valence-corrected chi connectivity index (χ4v) is 5.98. The van der Waals surface area contributed by atoms with E-state index < -0.39 is 0 Å². The average molecular weight is 322 g/mol. The molecule has 1 amide bonds. The molecule has 3 fully saturated rings. The van der Waals surface area contributed by atoms with Crippen molar-refractivity contribution in [3.05, 3.63) is 0 Å². The lowest BCUT2D eigenvalue weighted by atomic mass is 9.58. The van der Waals surface area contributed by atoms with E-state index in [-0.39, 0.29) is 16.7 Å². The lowest BCUT2D eigenvalue weighted by molar-refractivity contribution is -0.140. The summed E-state index contributed by atoms with van der Waals surface area (Å²) in [5.74, 6) is 1.55. The largest absolute Gasteiger partial charge is 0.378 e. The molecule has 0 aromatic rings. The van der Waals surface area contributed by atoms with Crippen LogP contribution in [0.15, 0.2) is 0 Å². The molecule has 2 aliphatic carbocycles. The van der Waals surface area contributed by atoms with Crippen molar-refractivity contribution in [2.75, 3.05) is 6.61 Å². The highest BCUT2D eigenvalue weighted by Gasteiger charge is 2.68. The molecule has 0 radical (unpaired) electrons. The van der Waals surface area contributed by atoms with Crippen LogP contribution in [0, 0.1) is 28.1 Å². The fourth-order valence-electron chi connectivity index (χ4n) is 5.98. The van der Waals surface area contributed by atoms with Crippen molar-refractivity contribution in [2.24, 2.45) is 28.1 Å². The molecule has 1 heterocycles. The predicted molar refractivity (Wildman–Crippen MR) is 93.1 cm³/mol. The number of carbonyl (C=O) groups excluding carboxylic acids is 1. The van der Waals surface area contributed by atoms with E-state index in [9.17, 15) is 4.79 Å². The molecule has 3 rings (SSSR count). The second-order valence-electron chi connectivity index (χ2n) is 10.1. The second-order valence-corrected chi connectivity index (χ2v) is 10.1. The number of hydrogen-bond donors (Lipinski definition) is 1. The van der Waals surface area contributed by atoms with Crippen LogP contribution in [0.25, 0.3) is 0 Å². The first-order chi connectivity index (χ1) is 10.6. The van der Waals surface area contributed by atoms with Crippen molar-refractivity contribution in [2.45, 2.75) is 85.8 Å². The quantitative estimate of drug-likeness (QED) is 0.847. The first-order valence-electron chi connectivity index (χ1n) is 9.51. The number of hydrogen-bond acceptors (Lipinski definition) is 2. The zero-order valence-corrected chi connectivity index (χ0v) is 15.9. The Kier molecular flexibility index (Phi) is 4.11. The smallest absolute Gasteiger partial charge is 0.219 e. The van der Waals surface area contributed by atoms with Gasteiger partial charge in [-0.2, -0.15) is 0 Å². The Balaban J connectivity index is 1.89. The van der Waals surface area contributed by atoms with Crippen LogP contribution >= 0.6 is 0 Å². The maximum atomic E-state index is 12.2. The van der Waals surface area contributed by atoms with Crippen molar-refractivity contribution >= 4 is 5.91 Å². The zero-order valence-electron chi connectivity index (χ0n) is 15.9. The second kappa shape index (κ2) is 5.47. The molecule has 2 saturated carbocycles. The van der Waals surface area contributed by atoms with Crippen LogP contribution in [0.3, 0.4) is 0 Å². The molecule has 1 saturated heterocycles. The summed E-state index contributed by atoms with van der Waals surface area (Å²) in [4.78, 5) is 12.2. The van der Waals surface area contributed by atoms with Gasteiger partial charge in [-0.15, -0.1) is 0 Å². The van der Waals surface area contributed by atoms with E-state index in [2.05, 4.69) is 39.9 Å². The Morgan fingerprint density at radius 2 is 2.00 bits per heavy atom. The third-order valence-corrected chi connectivity index (χ3v) is 7.06. The minimum Gasteiger partial charge on any atom is -0.378 e. The lowest BCUT2D eigenvalue weighted by Crippen LogP contribution is -2.60. The molecule has 2 bridgehead atoms. The van der Waals surface area contributed by atoms with E-state index in [1.807, 2.05) is 6.92 Å². The van der Waals surface area contributed by atoms with Gasteiger partial charge in [-0.05, 0) is 53.8 Å². The Labute approximate surface area is 141 Å². The van der Waals surface area contributed by atoms with Crippen LogP contribution in [0.2, 0.25) is 0 Å². The monoisotopic (exact) mass is 321 g/mol.